The molecule has 0 saturated carbocycles. The molecule has 0 unspecified atom stereocenters. The third-order valence-electron chi connectivity index (χ3n) is 5.17. The first-order chi connectivity index (χ1) is 13.9. The van der Waals surface area contributed by atoms with Crippen molar-refractivity contribution in [3.8, 4) is 0 Å². The van der Waals surface area contributed by atoms with Crippen molar-refractivity contribution in [2.24, 2.45) is 5.92 Å². The van der Waals surface area contributed by atoms with Crippen LogP contribution in [0.5, 0.6) is 0 Å². The number of amides is 1. The smallest absolute Gasteiger partial charge is 0.416 e. The van der Waals surface area contributed by atoms with Crippen molar-refractivity contribution in [2.45, 2.75) is 19.0 Å². The molecule has 1 saturated heterocycles. The van der Waals surface area contributed by atoms with Crippen LogP contribution in [0, 0.1) is 5.92 Å². The number of aromatic nitrogens is 1. The van der Waals surface area contributed by atoms with Gasteiger partial charge in [-0.15, -0.1) is 0 Å². The fraction of sp³-hybridized carbons (Fsp3) is 0.333. The summed E-state index contributed by atoms with van der Waals surface area (Å²) in [4.78, 5) is 18.8. The van der Waals surface area contributed by atoms with E-state index in [0.29, 0.717) is 12.6 Å². The summed E-state index contributed by atoms with van der Waals surface area (Å²) >= 11 is 0. The second-order valence-corrected chi connectivity index (χ2v) is 7.18. The predicted molar refractivity (Wildman–Crippen MR) is 103 cm³/mol. The number of anilines is 1. The quantitative estimate of drug-likeness (QED) is 0.697. The van der Waals surface area contributed by atoms with Crippen LogP contribution in [-0.2, 0) is 6.18 Å². The molecule has 0 radical (unpaired) electrons. The number of para-hydroxylation sites is 2. The molecule has 1 aromatic heterocycles. The molecule has 1 fully saturated rings. The molecule has 1 amide bonds. The van der Waals surface area contributed by atoms with E-state index in [0.717, 1.165) is 49.2 Å². The Kier molecular flexibility index (Phi) is 5.17. The Balaban J connectivity index is 1.30. The number of piperidine rings is 1. The van der Waals surface area contributed by atoms with Gasteiger partial charge in [-0.05, 0) is 49.1 Å². The van der Waals surface area contributed by atoms with Crippen LogP contribution < -0.4 is 10.2 Å². The van der Waals surface area contributed by atoms with Gasteiger partial charge in [0, 0.05) is 25.2 Å². The maximum absolute atomic E-state index is 12.8. The Morgan fingerprint density at radius 2 is 1.90 bits per heavy atom. The highest BCUT2D eigenvalue weighted by molar-refractivity contribution is 5.94. The molecule has 0 atom stereocenters. The molecule has 2 aromatic carbocycles. The number of rotatable bonds is 4. The van der Waals surface area contributed by atoms with Gasteiger partial charge in [0.15, 0.2) is 5.58 Å². The molecule has 5 nitrogen and oxygen atoms in total. The molecule has 0 aliphatic carbocycles. The van der Waals surface area contributed by atoms with Gasteiger partial charge in [-0.25, -0.2) is 0 Å². The Labute approximate surface area is 165 Å². The van der Waals surface area contributed by atoms with Crippen LogP contribution in [0.2, 0.25) is 0 Å². The third kappa shape index (κ3) is 4.36. The Bertz CT molecular complexity index is 975. The second kappa shape index (κ2) is 7.77. The molecule has 29 heavy (non-hydrogen) atoms. The minimum Gasteiger partial charge on any atom is -0.423 e. The van der Waals surface area contributed by atoms with E-state index in [2.05, 4.69) is 15.2 Å². The summed E-state index contributed by atoms with van der Waals surface area (Å²) in [7, 11) is 0. The Morgan fingerprint density at radius 1 is 1.14 bits per heavy atom. The van der Waals surface area contributed by atoms with Crippen LogP contribution in [0.4, 0.5) is 19.2 Å². The first kappa shape index (κ1) is 19.3. The van der Waals surface area contributed by atoms with Gasteiger partial charge < -0.3 is 14.6 Å². The van der Waals surface area contributed by atoms with Crippen LogP contribution in [0.25, 0.3) is 11.1 Å². The lowest BCUT2D eigenvalue weighted by atomic mass is 9.97. The van der Waals surface area contributed by atoms with Crippen molar-refractivity contribution < 1.29 is 22.4 Å². The van der Waals surface area contributed by atoms with Crippen LogP contribution in [0.15, 0.2) is 52.9 Å². The molecule has 152 valence electrons. The summed E-state index contributed by atoms with van der Waals surface area (Å²) in [6.45, 7) is 1.92. The highest BCUT2D eigenvalue weighted by atomic mass is 19.4. The van der Waals surface area contributed by atoms with Crippen molar-refractivity contribution in [1.82, 2.24) is 10.3 Å². The second-order valence-electron chi connectivity index (χ2n) is 7.18. The number of nitrogens with one attached hydrogen (secondary N) is 1. The van der Waals surface area contributed by atoms with Gasteiger partial charge in [0.2, 0.25) is 0 Å². The summed E-state index contributed by atoms with van der Waals surface area (Å²) in [5, 5.41) is 2.76. The van der Waals surface area contributed by atoms with Crippen LogP contribution in [0.1, 0.15) is 28.8 Å². The summed E-state index contributed by atoms with van der Waals surface area (Å²) in [6.07, 6.45) is -2.79. The van der Waals surface area contributed by atoms with Crippen molar-refractivity contribution in [2.75, 3.05) is 24.5 Å². The van der Waals surface area contributed by atoms with Crippen molar-refractivity contribution in [3.63, 3.8) is 0 Å². The molecule has 8 heteroatoms. The van der Waals surface area contributed by atoms with Crippen LogP contribution >= 0.6 is 0 Å². The molecule has 1 N–H and O–H groups in total. The van der Waals surface area contributed by atoms with Crippen LogP contribution in [-0.4, -0.2) is 30.5 Å². The molecule has 1 aliphatic heterocycles. The number of carbonyl (C=O) groups excluding carboxylic acids is 1. The zero-order chi connectivity index (χ0) is 20.4. The summed E-state index contributed by atoms with van der Waals surface area (Å²) in [5.41, 5.74) is 0.761. The fourth-order valence-electron chi connectivity index (χ4n) is 3.50. The van der Waals surface area contributed by atoms with E-state index in [1.807, 2.05) is 24.3 Å². The average Bonchev–Trinajstić information content (AvgIpc) is 3.16. The third-order valence-corrected chi connectivity index (χ3v) is 5.17. The lowest BCUT2D eigenvalue weighted by Gasteiger charge is -2.30. The Morgan fingerprint density at radius 3 is 2.62 bits per heavy atom. The van der Waals surface area contributed by atoms with Gasteiger partial charge in [-0.3, -0.25) is 4.79 Å². The van der Waals surface area contributed by atoms with Gasteiger partial charge >= 0.3 is 6.18 Å². The number of halogens is 3. The van der Waals surface area contributed by atoms with E-state index in [-0.39, 0.29) is 11.5 Å². The normalized spacial score (nSPS) is 15.6. The van der Waals surface area contributed by atoms with Gasteiger partial charge in [0.05, 0.1) is 5.56 Å². The van der Waals surface area contributed by atoms with Crippen molar-refractivity contribution in [1.29, 1.82) is 0 Å². The Hall–Kier alpha value is -3.03. The van der Waals surface area contributed by atoms with Crippen molar-refractivity contribution in [3.05, 3.63) is 59.7 Å². The van der Waals surface area contributed by atoms with Gasteiger partial charge in [-0.2, -0.15) is 18.2 Å². The SMILES string of the molecule is O=C(NCC1CCN(c2nc3ccccc3o2)CC1)c1cccc(C(F)(F)F)c1. The zero-order valence-electron chi connectivity index (χ0n) is 15.6. The lowest BCUT2D eigenvalue weighted by Crippen LogP contribution is -2.38. The standard InChI is InChI=1S/C21H20F3N3O2/c22-21(23,24)16-5-3-4-15(12-16)19(28)25-13-14-8-10-27(11-9-14)20-26-17-6-1-2-7-18(17)29-20/h1-7,12,14H,8-11,13H2,(H,25,28). The van der Waals surface area contributed by atoms with E-state index in [9.17, 15) is 18.0 Å². The monoisotopic (exact) mass is 403 g/mol. The molecular weight excluding hydrogens is 383 g/mol. The van der Waals surface area contributed by atoms with Crippen molar-refractivity contribution >= 4 is 23.0 Å². The largest absolute Gasteiger partial charge is 0.423 e. The average molecular weight is 403 g/mol. The molecular formula is C21H20F3N3O2. The number of oxazole rings is 1. The van der Waals surface area contributed by atoms with E-state index in [1.54, 1.807) is 0 Å². The number of hydrogen-bond acceptors (Lipinski definition) is 4. The van der Waals surface area contributed by atoms with Gasteiger partial charge in [0.25, 0.3) is 11.9 Å². The maximum Gasteiger partial charge on any atom is 0.416 e. The number of alkyl halides is 3. The minimum absolute atomic E-state index is 0.0173. The minimum atomic E-state index is -4.46. The molecule has 4 rings (SSSR count). The summed E-state index contributed by atoms with van der Waals surface area (Å²) in [5.74, 6) is -0.233. The number of nitrogens with zero attached hydrogens (tertiary/aromatic N) is 2. The topological polar surface area (TPSA) is 58.4 Å². The number of benzene rings is 2. The van der Waals surface area contributed by atoms with E-state index < -0.39 is 17.6 Å². The first-order valence-corrected chi connectivity index (χ1v) is 9.46. The number of hydrogen-bond donors (Lipinski definition) is 1. The molecule has 1 aliphatic rings. The van der Waals surface area contributed by atoms with E-state index >= 15 is 0 Å². The fourth-order valence-corrected chi connectivity index (χ4v) is 3.50. The predicted octanol–water partition coefficient (Wildman–Crippen LogP) is 4.49. The summed E-state index contributed by atoms with van der Waals surface area (Å²) < 4.78 is 44.2. The molecule has 0 spiro atoms. The highest BCUT2D eigenvalue weighted by Gasteiger charge is 2.31. The van der Waals surface area contributed by atoms with Crippen LogP contribution in [0.3, 0.4) is 0 Å². The number of carbonyl (C=O) groups is 1. The molecule has 3 aromatic rings. The van der Waals surface area contributed by atoms with E-state index in [4.69, 9.17) is 4.42 Å². The number of fused-ring (bicyclic) bond motifs is 1. The maximum atomic E-state index is 12.8. The van der Waals surface area contributed by atoms with Gasteiger partial charge in [-0.1, -0.05) is 18.2 Å². The summed E-state index contributed by atoms with van der Waals surface area (Å²) in [6, 6.07) is 12.7. The lowest BCUT2D eigenvalue weighted by molar-refractivity contribution is -0.137. The first-order valence-electron chi connectivity index (χ1n) is 9.46. The zero-order valence-corrected chi connectivity index (χ0v) is 15.6. The molecule has 0 bridgehead atoms. The van der Waals surface area contributed by atoms with Gasteiger partial charge in [0.1, 0.15) is 5.52 Å². The van der Waals surface area contributed by atoms with E-state index in [1.165, 1.54) is 12.1 Å². The highest BCUT2D eigenvalue weighted by Crippen LogP contribution is 2.30. The molecule has 2 heterocycles.